The Bertz CT molecular complexity index is 4770. The van der Waals surface area contributed by atoms with Crippen LogP contribution in [0.2, 0.25) is 15.3 Å². The van der Waals surface area contributed by atoms with Crippen LogP contribution >= 0.6 is 57.5 Å². The van der Waals surface area contributed by atoms with E-state index in [4.69, 9.17) is 65.2 Å². The number of hydrogen-bond acceptors (Lipinski definition) is 18. The van der Waals surface area contributed by atoms with Crippen LogP contribution in [-0.2, 0) is 43.7 Å². The second-order valence-electron chi connectivity index (χ2n) is 23.3. The van der Waals surface area contributed by atoms with Crippen molar-refractivity contribution in [1.82, 2.24) is 57.2 Å². The van der Waals surface area contributed by atoms with Gasteiger partial charge in [-0.2, -0.15) is 8.61 Å². The highest BCUT2D eigenvalue weighted by Crippen LogP contribution is 2.37. The zero-order valence-corrected chi connectivity index (χ0v) is 58.8. The van der Waals surface area contributed by atoms with Crippen molar-refractivity contribution in [3.05, 3.63) is 172 Å². The monoisotopic (exact) mass is 1450 g/mol. The first-order valence-corrected chi connectivity index (χ1v) is 35.7. The number of carbonyl (C=O) groups excluding carboxylic acids is 2. The molecule has 2 fully saturated rings. The summed E-state index contributed by atoms with van der Waals surface area (Å²) in [6.45, 7) is 6.43. The Balaban J connectivity index is 0.000000189. The lowest BCUT2D eigenvalue weighted by molar-refractivity contribution is -0.668. The number of thiazole rings is 2. The summed E-state index contributed by atoms with van der Waals surface area (Å²) in [5.74, 6) is 0.382. The van der Waals surface area contributed by atoms with E-state index in [1.165, 1.54) is 44.2 Å². The van der Waals surface area contributed by atoms with E-state index in [1.54, 1.807) is 87.0 Å². The van der Waals surface area contributed by atoms with Gasteiger partial charge in [-0.05, 0) is 131 Å². The molecule has 9 heterocycles. The first kappa shape index (κ1) is 70.5. The van der Waals surface area contributed by atoms with Crippen molar-refractivity contribution < 1.29 is 48.1 Å². The molecular formula is C64H67Cl4N17O7S4. The molecule has 0 aliphatic carbocycles. The van der Waals surface area contributed by atoms with Crippen molar-refractivity contribution in [3.8, 4) is 45.3 Å². The molecule has 96 heavy (non-hydrogen) atoms. The van der Waals surface area contributed by atoms with E-state index >= 15 is 0 Å². The Hall–Kier alpha value is -8.29. The summed E-state index contributed by atoms with van der Waals surface area (Å²) < 4.78 is 68.9. The van der Waals surface area contributed by atoms with Crippen molar-refractivity contribution >= 4 is 123 Å². The summed E-state index contributed by atoms with van der Waals surface area (Å²) in [5.41, 5.74) is 12.5. The van der Waals surface area contributed by atoms with E-state index in [1.807, 2.05) is 110 Å². The highest BCUT2D eigenvalue weighted by Gasteiger charge is 2.33. The van der Waals surface area contributed by atoms with Crippen molar-refractivity contribution in [2.75, 3.05) is 54.4 Å². The van der Waals surface area contributed by atoms with Crippen molar-refractivity contribution in [2.24, 2.45) is 14.1 Å². The number of ether oxygens (including phenoxy) is 1. The van der Waals surface area contributed by atoms with Crippen molar-refractivity contribution in [3.63, 3.8) is 0 Å². The Morgan fingerprint density at radius 1 is 0.677 bits per heavy atom. The third-order valence-corrected chi connectivity index (χ3v) is 21.4. The smallest absolute Gasteiger partial charge is 0.408 e. The Kier molecular flexibility index (Phi) is 22.3. The van der Waals surface area contributed by atoms with Gasteiger partial charge in [0.2, 0.25) is 37.9 Å². The molecule has 2 amide bonds. The number of nitrogens with one attached hydrogen (secondary N) is 4. The molecule has 32 heteroatoms. The van der Waals surface area contributed by atoms with Crippen LogP contribution in [0, 0.1) is 0 Å². The van der Waals surface area contributed by atoms with Gasteiger partial charge < -0.3 is 44.1 Å². The van der Waals surface area contributed by atoms with Gasteiger partial charge in [0, 0.05) is 118 Å². The summed E-state index contributed by atoms with van der Waals surface area (Å²) in [7, 11) is -3.52. The number of imidazole rings is 3. The minimum Gasteiger partial charge on any atom is -1.00 e. The zero-order chi connectivity index (χ0) is 67.2. The number of nitrogens with zero attached hydrogens (tertiary/aromatic N) is 12. The summed E-state index contributed by atoms with van der Waals surface area (Å²) in [6, 6.07) is 30.6. The molecule has 502 valence electrons. The lowest BCUT2D eigenvalue weighted by atomic mass is 10.1. The number of hydrogen-bond donors (Lipinski definition) is 5. The minimum atomic E-state index is -3.69. The van der Waals surface area contributed by atoms with E-state index in [0.29, 0.717) is 76.5 Å². The topological polar surface area (TPSA) is 287 Å². The zero-order valence-electron chi connectivity index (χ0n) is 52.5. The van der Waals surface area contributed by atoms with E-state index in [0.717, 1.165) is 62.7 Å². The fourth-order valence-electron chi connectivity index (χ4n) is 10.7. The standard InChI is InChI=1S/C33H35ClN8O5S2.C26H24ClN7O2S2.C5H8ClN2.ClH/c1-33(2,3)47-32(44)36-19-27(43)37-23-7-4-6-21(18-23)28-29(42-16-17-48-31(42)40-28)26-13-14-35-30(39-26)38-24-8-5-15-41(20-24)49(45,46)25-11-9-22(34)10-12-25;27-18-6-8-21(9-7-18)38(35,36)33-12-2-5-20(16-33)30-25-29-11-10-22(31-25)24-23(17-3-1-4-19(28)15-17)32-26-34(24)13-14-37-26;1-7-3-4-8(2)5(7)6;/h4,6-7,9-14,16-18,24H,5,8,15,19-20H2,1-3H3,(H,36,44)(H,37,43)(H,35,38,39);1,3-4,6-11,13-15,20H,2,5,12,16,28H2,(H,29,30,31);3-4H,1-2H3;1H/q;;+1;/p-1/t24-;20-;;/m11../s1. The number of nitrogen functional groups attached to an aromatic ring is 1. The Morgan fingerprint density at radius 2 is 1.17 bits per heavy atom. The molecule has 13 rings (SSSR count). The first-order chi connectivity index (χ1) is 45.4. The number of benzene rings is 4. The van der Waals surface area contributed by atoms with Crippen LogP contribution in [0.4, 0.5) is 28.1 Å². The van der Waals surface area contributed by atoms with Crippen molar-refractivity contribution in [2.45, 2.75) is 73.9 Å². The minimum absolute atomic E-state index is 0. The number of aromatic nitrogens is 10. The van der Waals surface area contributed by atoms with Crippen LogP contribution in [0.5, 0.6) is 0 Å². The normalized spacial score (nSPS) is 15.3. The maximum Gasteiger partial charge on any atom is 0.408 e. The van der Waals surface area contributed by atoms with Gasteiger partial charge in [0.25, 0.3) is 0 Å². The van der Waals surface area contributed by atoms with E-state index in [9.17, 15) is 26.4 Å². The maximum absolute atomic E-state index is 13.3. The van der Waals surface area contributed by atoms with Crippen LogP contribution < -0.4 is 44.0 Å². The first-order valence-electron chi connectivity index (χ1n) is 30.0. The molecular weight excluding hydrogens is 1390 g/mol. The molecule has 7 aromatic heterocycles. The number of piperidine rings is 2. The maximum atomic E-state index is 13.3. The van der Waals surface area contributed by atoms with Gasteiger partial charge in [0.1, 0.15) is 35.9 Å². The molecule has 0 radical (unpaired) electrons. The number of aryl methyl sites for hydroxylation is 2. The lowest BCUT2D eigenvalue weighted by Gasteiger charge is -2.32. The summed E-state index contributed by atoms with van der Waals surface area (Å²) >= 11 is 20.7. The molecule has 2 aliphatic heterocycles. The fraction of sp³-hybridized carbons (Fsp3) is 0.266. The van der Waals surface area contributed by atoms with E-state index < -0.39 is 37.6 Å². The van der Waals surface area contributed by atoms with Crippen LogP contribution in [0.25, 0.3) is 55.2 Å². The average molecular weight is 1460 g/mol. The third-order valence-electron chi connectivity index (χ3n) is 15.1. The molecule has 0 unspecified atom stereocenters. The number of sulfonamides is 2. The highest BCUT2D eigenvalue weighted by molar-refractivity contribution is 7.89. The fourth-order valence-corrected chi connectivity index (χ4v) is 15.5. The average Bonchev–Trinajstić information content (AvgIpc) is 1.57. The van der Waals surface area contributed by atoms with Crippen LogP contribution in [0.15, 0.2) is 167 Å². The molecule has 2 atom stereocenters. The van der Waals surface area contributed by atoms with Gasteiger partial charge in [-0.1, -0.05) is 47.5 Å². The van der Waals surface area contributed by atoms with Crippen LogP contribution in [0.3, 0.4) is 0 Å². The number of anilines is 4. The number of fused-ring (bicyclic) bond motifs is 2. The summed E-state index contributed by atoms with van der Waals surface area (Å²) in [6.07, 6.45) is 13.3. The van der Waals surface area contributed by atoms with Gasteiger partial charge in [-0.25, -0.2) is 60.7 Å². The molecule has 6 N–H and O–H groups in total. The van der Waals surface area contributed by atoms with Crippen molar-refractivity contribution in [1.29, 1.82) is 0 Å². The molecule has 0 bridgehead atoms. The highest BCUT2D eigenvalue weighted by atomic mass is 35.5. The van der Waals surface area contributed by atoms with E-state index in [2.05, 4.69) is 31.2 Å². The second-order valence-corrected chi connectivity index (χ2v) is 30.1. The number of nitrogens with two attached hydrogens (primary N) is 1. The molecule has 11 aromatic rings. The van der Waals surface area contributed by atoms with Crippen LogP contribution in [0.1, 0.15) is 46.5 Å². The molecule has 0 saturated carbocycles. The summed E-state index contributed by atoms with van der Waals surface area (Å²) in [4.78, 5) is 54.9. The van der Waals surface area contributed by atoms with Gasteiger partial charge in [-0.15, -0.1) is 22.7 Å². The molecule has 4 aromatic carbocycles. The molecule has 24 nitrogen and oxygen atoms in total. The number of alkyl carbamates (subject to hydrolysis) is 1. The number of halogens is 4. The van der Waals surface area contributed by atoms with Crippen LogP contribution in [-0.4, -0.2) is 131 Å². The molecule has 2 aliphatic rings. The number of rotatable bonds is 15. The molecule has 0 spiro atoms. The second kappa shape index (κ2) is 30.4. The SMILES string of the molecule is CC(C)(C)OC(=O)NCC(=O)Nc1cccc(-c2nc3sccn3c2-c2ccnc(N[C@@H]3CCCN(S(=O)(=O)c4ccc(Cl)cc4)C3)n2)c1.Cn1cc[n+](C)c1Cl.Nc1cccc(-c2nc3sccn3c2-c2ccnc(N[C@@H]3CCCN(S(=O)(=O)c4ccc(Cl)cc4)C3)n2)c1.[Cl-]. The van der Waals surface area contributed by atoms with Gasteiger partial charge in [0.15, 0.2) is 9.92 Å². The Morgan fingerprint density at radius 3 is 1.61 bits per heavy atom. The molecule has 2 saturated heterocycles. The predicted octanol–water partition coefficient (Wildman–Crippen LogP) is 8.43. The lowest BCUT2D eigenvalue weighted by Crippen LogP contribution is -3.00. The quantitative estimate of drug-likeness (QED) is 0.0475. The van der Waals surface area contributed by atoms with Gasteiger partial charge in [-0.3, -0.25) is 13.6 Å². The Labute approximate surface area is 584 Å². The number of carbonyl (C=O) groups is 2. The largest absolute Gasteiger partial charge is 1.00 e. The van der Waals surface area contributed by atoms with Gasteiger partial charge >= 0.3 is 11.4 Å². The van der Waals surface area contributed by atoms with E-state index in [-0.39, 0.29) is 47.4 Å². The van der Waals surface area contributed by atoms with Gasteiger partial charge in [0.05, 0.1) is 46.7 Å². The predicted molar refractivity (Wildman–Crippen MR) is 372 cm³/mol. The number of amides is 2. The summed E-state index contributed by atoms with van der Waals surface area (Å²) in [5, 5.41) is 17.6. The third kappa shape index (κ3) is 16.9.